The molecule has 1 aromatic carbocycles. The molecule has 8 heteroatoms. The summed E-state index contributed by atoms with van der Waals surface area (Å²) in [6, 6.07) is 4.25. The summed E-state index contributed by atoms with van der Waals surface area (Å²) in [4.78, 5) is 23.0. The van der Waals surface area contributed by atoms with Crippen molar-refractivity contribution in [2.24, 2.45) is 0 Å². The van der Waals surface area contributed by atoms with Gasteiger partial charge < -0.3 is 25.2 Å². The van der Waals surface area contributed by atoms with E-state index in [2.05, 4.69) is 10.6 Å². The highest BCUT2D eigenvalue weighted by Crippen LogP contribution is 2.28. The number of nitrogens with one attached hydrogen (secondary N) is 2. The van der Waals surface area contributed by atoms with Crippen LogP contribution in [0.2, 0.25) is 0 Å². The molecule has 1 unspecified atom stereocenters. The Hall–Kier alpha value is -2.09. The molecule has 2 amide bonds. The van der Waals surface area contributed by atoms with Gasteiger partial charge in [-0.05, 0) is 49.5 Å². The number of carbonyl (C=O) groups is 2. The molecule has 1 rings (SSSR count). The number of ether oxygens (including phenoxy) is 2. The smallest absolute Gasteiger partial charge is 0.326 e. The lowest BCUT2D eigenvalue weighted by atomic mass is 10.1. The van der Waals surface area contributed by atoms with E-state index >= 15 is 0 Å². The van der Waals surface area contributed by atoms with Crippen molar-refractivity contribution >= 4 is 23.8 Å². The number of carboxylic acids is 1. The van der Waals surface area contributed by atoms with Crippen molar-refractivity contribution in [1.82, 2.24) is 10.6 Å². The Labute approximate surface area is 152 Å². The van der Waals surface area contributed by atoms with Crippen LogP contribution in [0.25, 0.3) is 0 Å². The van der Waals surface area contributed by atoms with E-state index < -0.39 is 18.0 Å². The highest BCUT2D eigenvalue weighted by atomic mass is 32.2. The number of aliphatic carboxylic acids is 1. The van der Waals surface area contributed by atoms with Crippen molar-refractivity contribution in [2.75, 3.05) is 32.3 Å². The molecule has 1 aromatic rings. The van der Waals surface area contributed by atoms with Gasteiger partial charge in [0, 0.05) is 6.54 Å². The Morgan fingerprint density at radius 2 is 2.08 bits per heavy atom. The Balaban J connectivity index is 2.48. The number of carbonyl (C=O) groups excluding carboxylic acids is 1. The van der Waals surface area contributed by atoms with E-state index in [4.69, 9.17) is 14.6 Å². The summed E-state index contributed by atoms with van der Waals surface area (Å²) in [7, 11) is 1.58. The molecule has 0 fully saturated rings. The molecule has 0 saturated heterocycles. The van der Waals surface area contributed by atoms with Crippen LogP contribution in [-0.4, -0.2) is 55.4 Å². The summed E-state index contributed by atoms with van der Waals surface area (Å²) >= 11 is 1.54. The van der Waals surface area contributed by atoms with Crippen molar-refractivity contribution in [1.29, 1.82) is 0 Å². The number of thioether (sulfide) groups is 1. The average molecular weight is 370 g/mol. The van der Waals surface area contributed by atoms with E-state index in [0.717, 1.165) is 5.56 Å². The quantitative estimate of drug-likeness (QED) is 0.552. The lowest BCUT2D eigenvalue weighted by molar-refractivity contribution is -0.139. The zero-order chi connectivity index (χ0) is 18.7. The molecule has 0 aliphatic rings. The average Bonchev–Trinajstić information content (AvgIpc) is 2.59. The van der Waals surface area contributed by atoms with Crippen molar-refractivity contribution in [2.45, 2.75) is 25.8 Å². The fraction of sp³-hybridized carbons (Fsp3) is 0.529. The van der Waals surface area contributed by atoms with Gasteiger partial charge in [0.25, 0.3) is 0 Å². The van der Waals surface area contributed by atoms with Gasteiger partial charge >= 0.3 is 12.0 Å². The van der Waals surface area contributed by atoms with Gasteiger partial charge in [0.2, 0.25) is 0 Å². The monoisotopic (exact) mass is 370 g/mol. The normalized spacial score (nSPS) is 11.5. The number of hydrogen-bond acceptors (Lipinski definition) is 5. The molecule has 0 radical (unpaired) electrons. The third kappa shape index (κ3) is 7.55. The van der Waals surface area contributed by atoms with Crippen LogP contribution >= 0.6 is 11.8 Å². The van der Waals surface area contributed by atoms with E-state index in [9.17, 15) is 9.59 Å². The molecule has 3 N–H and O–H groups in total. The van der Waals surface area contributed by atoms with Gasteiger partial charge in [-0.3, -0.25) is 0 Å². The van der Waals surface area contributed by atoms with Crippen molar-refractivity contribution in [3.8, 4) is 11.5 Å². The molecular weight excluding hydrogens is 344 g/mol. The van der Waals surface area contributed by atoms with Crippen LogP contribution in [0.3, 0.4) is 0 Å². The van der Waals surface area contributed by atoms with Gasteiger partial charge in [-0.1, -0.05) is 6.07 Å². The molecule has 7 nitrogen and oxygen atoms in total. The molecule has 0 aromatic heterocycles. The van der Waals surface area contributed by atoms with Crippen LogP contribution in [0.4, 0.5) is 4.79 Å². The number of amides is 2. The summed E-state index contributed by atoms with van der Waals surface area (Å²) in [5.41, 5.74) is 0.984. The van der Waals surface area contributed by atoms with Crippen LogP contribution in [0.5, 0.6) is 11.5 Å². The van der Waals surface area contributed by atoms with Gasteiger partial charge in [-0.15, -0.1) is 0 Å². The second-order valence-electron chi connectivity index (χ2n) is 5.24. The van der Waals surface area contributed by atoms with Crippen LogP contribution in [0.15, 0.2) is 18.2 Å². The minimum atomic E-state index is -1.03. The summed E-state index contributed by atoms with van der Waals surface area (Å²) in [6.07, 6.45) is 2.88. The minimum absolute atomic E-state index is 0.387. The molecule has 140 valence electrons. The van der Waals surface area contributed by atoms with Crippen molar-refractivity contribution in [3.63, 3.8) is 0 Å². The van der Waals surface area contributed by atoms with Gasteiger partial charge in [-0.25, -0.2) is 9.59 Å². The molecular formula is C17H26N2O5S. The Kier molecular flexibility index (Phi) is 9.61. The summed E-state index contributed by atoms with van der Waals surface area (Å²) in [5, 5.41) is 14.3. The molecule has 25 heavy (non-hydrogen) atoms. The maximum Gasteiger partial charge on any atom is 0.326 e. The first-order valence-corrected chi connectivity index (χ1v) is 9.47. The van der Waals surface area contributed by atoms with Gasteiger partial charge in [-0.2, -0.15) is 11.8 Å². The minimum Gasteiger partial charge on any atom is -0.493 e. The predicted octanol–water partition coefficient (Wildman–Crippen LogP) is 2.14. The molecule has 0 saturated carbocycles. The third-order valence-corrected chi connectivity index (χ3v) is 4.09. The third-order valence-electron chi connectivity index (χ3n) is 3.44. The molecule has 0 aliphatic heterocycles. The molecule has 0 aliphatic carbocycles. The lowest BCUT2D eigenvalue weighted by Crippen LogP contribution is -2.46. The molecule has 0 bridgehead atoms. The molecule has 1 atom stereocenters. The van der Waals surface area contributed by atoms with Crippen LogP contribution < -0.4 is 20.1 Å². The van der Waals surface area contributed by atoms with Gasteiger partial charge in [0.1, 0.15) is 6.04 Å². The van der Waals surface area contributed by atoms with Crippen LogP contribution in [-0.2, 0) is 11.2 Å². The van der Waals surface area contributed by atoms with Gasteiger partial charge in [0.05, 0.1) is 13.7 Å². The fourth-order valence-electron chi connectivity index (χ4n) is 2.16. The Morgan fingerprint density at radius 3 is 2.68 bits per heavy atom. The van der Waals surface area contributed by atoms with Gasteiger partial charge in [0.15, 0.2) is 11.5 Å². The summed E-state index contributed by atoms with van der Waals surface area (Å²) < 4.78 is 10.8. The van der Waals surface area contributed by atoms with E-state index in [1.54, 1.807) is 18.9 Å². The SMILES string of the molecule is CCOc1ccc(CCNC(=O)NC(CCSC)C(=O)O)cc1OC. The molecule has 0 spiro atoms. The number of rotatable bonds is 11. The van der Waals surface area contributed by atoms with E-state index in [1.165, 1.54) is 0 Å². The number of urea groups is 1. The Morgan fingerprint density at radius 1 is 1.32 bits per heavy atom. The highest BCUT2D eigenvalue weighted by Gasteiger charge is 2.18. The lowest BCUT2D eigenvalue weighted by Gasteiger charge is -2.15. The van der Waals surface area contributed by atoms with E-state index in [-0.39, 0.29) is 0 Å². The predicted molar refractivity (Wildman–Crippen MR) is 98.8 cm³/mol. The fourth-order valence-corrected chi connectivity index (χ4v) is 2.64. The Bertz CT molecular complexity index is 568. The van der Waals surface area contributed by atoms with Crippen molar-refractivity contribution in [3.05, 3.63) is 23.8 Å². The highest BCUT2D eigenvalue weighted by molar-refractivity contribution is 7.98. The zero-order valence-electron chi connectivity index (χ0n) is 14.8. The van der Waals surface area contributed by atoms with E-state index in [0.29, 0.717) is 43.2 Å². The van der Waals surface area contributed by atoms with Crippen LogP contribution in [0.1, 0.15) is 18.9 Å². The van der Waals surface area contributed by atoms with E-state index in [1.807, 2.05) is 31.4 Å². The number of hydrogen-bond donors (Lipinski definition) is 3. The second-order valence-corrected chi connectivity index (χ2v) is 6.23. The number of carboxylic acid groups (broad SMARTS) is 1. The summed E-state index contributed by atoms with van der Waals surface area (Å²) in [6.45, 7) is 2.84. The largest absolute Gasteiger partial charge is 0.493 e. The number of benzene rings is 1. The van der Waals surface area contributed by atoms with Crippen LogP contribution in [0, 0.1) is 0 Å². The number of methoxy groups -OCH3 is 1. The first kappa shape index (κ1) is 21.0. The standard InChI is InChI=1S/C17H26N2O5S/c1-4-24-14-6-5-12(11-15(14)23-2)7-9-18-17(22)19-13(16(20)21)8-10-25-3/h5-6,11,13H,4,7-10H2,1-3H3,(H,20,21)(H2,18,19,22). The zero-order valence-corrected chi connectivity index (χ0v) is 15.6. The second kappa shape index (κ2) is 11.5. The summed E-state index contributed by atoms with van der Waals surface area (Å²) in [5.74, 6) is 0.966. The first-order chi connectivity index (χ1) is 12.0. The maximum atomic E-state index is 11.8. The van der Waals surface area contributed by atoms with Crippen molar-refractivity contribution < 1.29 is 24.2 Å². The molecule has 0 heterocycles. The first-order valence-electron chi connectivity index (χ1n) is 8.07. The maximum absolute atomic E-state index is 11.8. The topological polar surface area (TPSA) is 96.9 Å².